The maximum absolute atomic E-state index is 12.7. The molecule has 2 aliphatic heterocycles. The van der Waals surface area contributed by atoms with Gasteiger partial charge < -0.3 is 19.3 Å². The molecule has 1 atom stereocenters. The first-order valence-corrected chi connectivity index (χ1v) is 8.84. The van der Waals surface area contributed by atoms with Gasteiger partial charge in [0.2, 0.25) is 5.91 Å². The molecule has 1 saturated carbocycles. The third-order valence-corrected chi connectivity index (χ3v) is 5.88. The molecule has 1 N–H and O–H groups in total. The number of aliphatic carboxylic acids is 1. The molecule has 3 heterocycles. The molecule has 3 aliphatic rings. The van der Waals surface area contributed by atoms with E-state index in [1.165, 1.54) is 17.4 Å². The fourth-order valence-electron chi connectivity index (χ4n) is 4.19. The van der Waals surface area contributed by atoms with Gasteiger partial charge >= 0.3 is 5.97 Å². The molecule has 0 aromatic carbocycles. The lowest BCUT2D eigenvalue weighted by atomic mass is 9.76. The fourth-order valence-corrected chi connectivity index (χ4v) is 4.19. The summed E-state index contributed by atoms with van der Waals surface area (Å²) < 4.78 is 4.96. The predicted molar refractivity (Wildman–Crippen MR) is 86.8 cm³/mol. The lowest BCUT2D eigenvalue weighted by molar-refractivity contribution is -0.141. The van der Waals surface area contributed by atoms with Crippen LogP contribution >= 0.6 is 0 Å². The van der Waals surface area contributed by atoms with E-state index in [1.807, 2.05) is 4.90 Å². The molecular formula is C18H22N2O5. The van der Waals surface area contributed by atoms with E-state index < -0.39 is 12.0 Å². The minimum absolute atomic E-state index is 0.206. The Kier molecular flexibility index (Phi) is 3.81. The first kappa shape index (κ1) is 16.2. The molecule has 25 heavy (non-hydrogen) atoms. The summed E-state index contributed by atoms with van der Waals surface area (Å²) in [6.45, 7) is 1.75. The van der Waals surface area contributed by atoms with Crippen molar-refractivity contribution >= 4 is 17.8 Å². The Hall–Kier alpha value is -2.31. The molecule has 3 fully saturated rings. The van der Waals surface area contributed by atoms with Crippen LogP contribution in [0.5, 0.6) is 0 Å². The normalized spacial score (nSPS) is 25.4. The molecule has 1 aromatic rings. The maximum Gasteiger partial charge on any atom is 0.326 e. The van der Waals surface area contributed by atoms with E-state index in [9.17, 15) is 19.5 Å². The molecule has 1 unspecified atom stereocenters. The number of amides is 2. The van der Waals surface area contributed by atoms with Crippen molar-refractivity contribution in [2.75, 3.05) is 19.6 Å². The second kappa shape index (κ2) is 5.89. The molecule has 4 rings (SSSR count). The molecule has 134 valence electrons. The number of carbonyl (C=O) groups excluding carboxylic acids is 2. The Morgan fingerprint density at radius 1 is 1.20 bits per heavy atom. The van der Waals surface area contributed by atoms with Gasteiger partial charge in [0.25, 0.3) is 5.91 Å². The average Bonchev–Trinajstić information content (AvgIpc) is 3.17. The molecule has 1 aliphatic carbocycles. The van der Waals surface area contributed by atoms with Crippen LogP contribution < -0.4 is 0 Å². The highest BCUT2D eigenvalue weighted by Gasteiger charge is 2.50. The van der Waals surface area contributed by atoms with E-state index in [-0.39, 0.29) is 23.1 Å². The summed E-state index contributed by atoms with van der Waals surface area (Å²) in [7, 11) is 0. The van der Waals surface area contributed by atoms with Crippen molar-refractivity contribution in [1.82, 2.24) is 9.80 Å². The van der Waals surface area contributed by atoms with Crippen LogP contribution in [0.25, 0.3) is 0 Å². The first-order chi connectivity index (χ1) is 12.0. The summed E-state index contributed by atoms with van der Waals surface area (Å²) in [4.78, 5) is 40.0. The fraction of sp³-hybridized carbons (Fsp3) is 0.611. The van der Waals surface area contributed by atoms with Gasteiger partial charge in [-0.1, -0.05) is 0 Å². The van der Waals surface area contributed by atoms with E-state index >= 15 is 0 Å². The number of nitrogens with zero attached hydrogens (tertiary/aromatic N) is 2. The van der Waals surface area contributed by atoms with Crippen molar-refractivity contribution in [2.24, 2.45) is 11.3 Å². The molecular weight excluding hydrogens is 324 g/mol. The van der Waals surface area contributed by atoms with Gasteiger partial charge in [-0.05, 0) is 43.6 Å². The molecule has 0 radical (unpaired) electrons. The van der Waals surface area contributed by atoms with Gasteiger partial charge in [-0.25, -0.2) is 4.79 Å². The zero-order valence-electron chi connectivity index (χ0n) is 14.0. The Morgan fingerprint density at radius 3 is 2.48 bits per heavy atom. The van der Waals surface area contributed by atoms with Crippen molar-refractivity contribution in [1.29, 1.82) is 0 Å². The van der Waals surface area contributed by atoms with Gasteiger partial charge in [0.05, 0.1) is 11.8 Å². The van der Waals surface area contributed by atoms with Gasteiger partial charge in [0.1, 0.15) is 12.3 Å². The average molecular weight is 346 g/mol. The van der Waals surface area contributed by atoms with Gasteiger partial charge in [0.15, 0.2) is 0 Å². The van der Waals surface area contributed by atoms with Crippen LogP contribution in [0, 0.1) is 11.3 Å². The van der Waals surface area contributed by atoms with Gasteiger partial charge in [-0.3, -0.25) is 9.59 Å². The maximum atomic E-state index is 12.7. The summed E-state index contributed by atoms with van der Waals surface area (Å²) in [5.41, 5.74) is 0.174. The van der Waals surface area contributed by atoms with Crippen molar-refractivity contribution in [3.8, 4) is 0 Å². The van der Waals surface area contributed by atoms with Crippen LogP contribution in [0.3, 0.4) is 0 Å². The number of hydrogen-bond acceptors (Lipinski definition) is 4. The van der Waals surface area contributed by atoms with E-state index in [1.54, 1.807) is 6.07 Å². The second-order valence-electron chi connectivity index (χ2n) is 7.60. The lowest BCUT2D eigenvalue weighted by Gasteiger charge is -2.39. The number of piperidine rings is 1. The highest BCUT2D eigenvalue weighted by atomic mass is 16.4. The van der Waals surface area contributed by atoms with Crippen LogP contribution in [-0.4, -0.2) is 58.4 Å². The van der Waals surface area contributed by atoms with Gasteiger partial charge in [-0.15, -0.1) is 0 Å². The highest BCUT2D eigenvalue weighted by Crippen LogP contribution is 2.44. The summed E-state index contributed by atoms with van der Waals surface area (Å²) in [6, 6.07) is 0.747. The van der Waals surface area contributed by atoms with Crippen LogP contribution in [-0.2, 0) is 9.59 Å². The molecule has 7 heteroatoms. The van der Waals surface area contributed by atoms with Gasteiger partial charge in [0, 0.05) is 25.6 Å². The second-order valence-corrected chi connectivity index (χ2v) is 7.60. The van der Waals surface area contributed by atoms with E-state index in [0.717, 1.165) is 25.7 Å². The largest absolute Gasteiger partial charge is 0.480 e. The SMILES string of the molecule is O=C(O)C1CC2(CCN(C(=O)C3CC3)CC2)CN1C(=O)c1ccoc1. The van der Waals surface area contributed by atoms with Crippen molar-refractivity contribution < 1.29 is 23.9 Å². The number of furan rings is 1. The Bertz CT molecular complexity index is 686. The minimum Gasteiger partial charge on any atom is -0.480 e. The van der Waals surface area contributed by atoms with E-state index in [4.69, 9.17) is 4.42 Å². The Balaban J connectivity index is 1.47. The summed E-state index contributed by atoms with van der Waals surface area (Å²) in [5.74, 6) is -0.808. The molecule has 1 aromatic heterocycles. The summed E-state index contributed by atoms with van der Waals surface area (Å²) >= 11 is 0. The zero-order chi connectivity index (χ0) is 17.6. The molecule has 2 saturated heterocycles. The smallest absolute Gasteiger partial charge is 0.326 e. The number of carboxylic acid groups (broad SMARTS) is 1. The number of carbonyl (C=O) groups is 3. The number of hydrogen-bond donors (Lipinski definition) is 1. The van der Waals surface area contributed by atoms with Crippen LogP contribution in [0.4, 0.5) is 0 Å². The third-order valence-electron chi connectivity index (χ3n) is 5.88. The van der Waals surface area contributed by atoms with Crippen molar-refractivity contribution in [2.45, 2.75) is 38.1 Å². The van der Waals surface area contributed by atoms with Crippen LogP contribution in [0.15, 0.2) is 23.0 Å². The highest BCUT2D eigenvalue weighted by molar-refractivity contribution is 5.96. The van der Waals surface area contributed by atoms with E-state index in [2.05, 4.69) is 0 Å². The molecule has 2 amide bonds. The summed E-state index contributed by atoms with van der Waals surface area (Å²) in [6.07, 6.45) is 6.72. The number of rotatable bonds is 3. The van der Waals surface area contributed by atoms with E-state index in [0.29, 0.717) is 31.6 Å². The van der Waals surface area contributed by atoms with Gasteiger partial charge in [-0.2, -0.15) is 0 Å². The minimum atomic E-state index is -0.967. The topological polar surface area (TPSA) is 91.1 Å². The predicted octanol–water partition coefficient (Wildman–Crippen LogP) is 1.60. The lowest BCUT2D eigenvalue weighted by Crippen LogP contribution is -2.45. The Morgan fingerprint density at radius 2 is 1.92 bits per heavy atom. The zero-order valence-corrected chi connectivity index (χ0v) is 14.0. The van der Waals surface area contributed by atoms with Crippen molar-refractivity contribution in [3.05, 3.63) is 24.2 Å². The molecule has 7 nitrogen and oxygen atoms in total. The Labute approximate surface area is 145 Å². The summed E-state index contributed by atoms with van der Waals surface area (Å²) in [5, 5.41) is 9.58. The third kappa shape index (κ3) is 2.92. The number of likely N-dealkylation sites (tertiary alicyclic amines) is 2. The molecule has 0 bridgehead atoms. The quantitative estimate of drug-likeness (QED) is 0.898. The standard InChI is InChI=1S/C18H22N2O5/c21-15(12-1-2-12)19-6-4-18(5-7-19)9-14(17(23)24)20(11-18)16(22)13-3-8-25-10-13/h3,8,10,12,14H,1-2,4-7,9,11H2,(H,23,24). The van der Waals surface area contributed by atoms with Crippen LogP contribution in [0.1, 0.15) is 42.5 Å². The van der Waals surface area contributed by atoms with Crippen LogP contribution in [0.2, 0.25) is 0 Å². The van der Waals surface area contributed by atoms with Crippen molar-refractivity contribution in [3.63, 3.8) is 0 Å². The first-order valence-electron chi connectivity index (χ1n) is 8.84. The number of carboxylic acids is 1. The molecule has 1 spiro atoms. The monoisotopic (exact) mass is 346 g/mol.